The van der Waals surface area contributed by atoms with E-state index in [1.807, 2.05) is 6.92 Å². The molecule has 0 heterocycles. The van der Waals surface area contributed by atoms with Crippen LogP contribution in [0.25, 0.3) is 0 Å². The fourth-order valence-electron chi connectivity index (χ4n) is 1.79. The average molecular weight is 355 g/mol. The van der Waals surface area contributed by atoms with Gasteiger partial charge in [-0.2, -0.15) is 0 Å². The lowest BCUT2D eigenvalue weighted by Gasteiger charge is -2.10. The molecule has 0 fully saturated rings. The van der Waals surface area contributed by atoms with E-state index in [1.54, 1.807) is 12.1 Å². The highest BCUT2D eigenvalue weighted by Crippen LogP contribution is 2.38. The van der Waals surface area contributed by atoms with E-state index < -0.39 is 10.7 Å². The van der Waals surface area contributed by atoms with E-state index in [4.69, 9.17) is 4.74 Å². The largest absolute Gasteiger partial charge is 0.450 e. The lowest BCUT2D eigenvalue weighted by molar-refractivity contribution is -0.384. The normalized spacial score (nSPS) is 10.2. The second-order valence-electron chi connectivity index (χ2n) is 4.12. The number of nitrogens with zero attached hydrogens (tertiary/aromatic N) is 1. The monoisotopic (exact) mass is 354 g/mol. The number of nitro benzene ring substituents is 1. The van der Waals surface area contributed by atoms with Crippen molar-refractivity contribution in [1.29, 1.82) is 0 Å². The number of benzene rings is 2. The topological polar surface area (TPSA) is 64.4 Å². The van der Waals surface area contributed by atoms with Gasteiger partial charge in [-0.25, -0.2) is 4.39 Å². The van der Waals surface area contributed by atoms with Gasteiger partial charge in [-0.05, 0) is 53.2 Å². The summed E-state index contributed by atoms with van der Waals surface area (Å²) in [5.74, 6) is -0.0322. The Labute approximate surface area is 129 Å². The standard InChI is InChI=1S/C14H12BrFN2O3/c1-2-17-12-4-3-5-13(14(12)18(19)20)21-9-6-7-11(16)10(15)8-9/h3-8,17H,2H2,1H3. The van der Waals surface area contributed by atoms with Crippen molar-refractivity contribution in [2.24, 2.45) is 0 Å². The summed E-state index contributed by atoms with van der Waals surface area (Å²) in [6.45, 7) is 2.39. The van der Waals surface area contributed by atoms with Gasteiger partial charge in [-0.1, -0.05) is 6.07 Å². The van der Waals surface area contributed by atoms with Crippen LogP contribution >= 0.6 is 15.9 Å². The summed E-state index contributed by atoms with van der Waals surface area (Å²) in [5.41, 5.74) is 0.223. The fourth-order valence-corrected chi connectivity index (χ4v) is 2.15. The number of rotatable bonds is 5. The summed E-state index contributed by atoms with van der Waals surface area (Å²) in [7, 11) is 0. The van der Waals surface area contributed by atoms with Crippen molar-refractivity contribution in [1.82, 2.24) is 0 Å². The van der Waals surface area contributed by atoms with Gasteiger partial charge in [0.2, 0.25) is 5.75 Å². The van der Waals surface area contributed by atoms with Gasteiger partial charge in [0.1, 0.15) is 17.3 Å². The lowest BCUT2D eigenvalue weighted by atomic mass is 10.2. The molecule has 0 aliphatic rings. The van der Waals surface area contributed by atoms with Crippen LogP contribution in [0.5, 0.6) is 11.5 Å². The van der Waals surface area contributed by atoms with E-state index in [0.717, 1.165) is 0 Å². The maximum absolute atomic E-state index is 13.2. The van der Waals surface area contributed by atoms with Crippen molar-refractivity contribution >= 4 is 27.3 Å². The summed E-state index contributed by atoms with van der Waals surface area (Å²) < 4.78 is 18.9. The molecule has 21 heavy (non-hydrogen) atoms. The second kappa shape index (κ2) is 6.53. The molecule has 0 aliphatic heterocycles. The first-order valence-corrected chi connectivity index (χ1v) is 6.96. The van der Waals surface area contributed by atoms with Crippen LogP contribution in [-0.2, 0) is 0 Å². The Morgan fingerprint density at radius 2 is 2.14 bits per heavy atom. The number of nitrogens with one attached hydrogen (secondary N) is 1. The molecule has 1 N–H and O–H groups in total. The highest BCUT2D eigenvalue weighted by atomic mass is 79.9. The van der Waals surface area contributed by atoms with Gasteiger partial charge in [-0.3, -0.25) is 10.1 Å². The number of ether oxygens (including phenoxy) is 1. The molecular weight excluding hydrogens is 343 g/mol. The predicted molar refractivity (Wildman–Crippen MR) is 81.4 cm³/mol. The minimum Gasteiger partial charge on any atom is -0.450 e. The molecule has 0 spiro atoms. The summed E-state index contributed by atoms with van der Waals surface area (Å²) in [4.78, 5) is 10.7. The Balaban J connectivity index is 2.41. The van der Waals surface area contributed by atoms with Crippen molar-refractivity contribution in [3.63, 3.8) is 0 Å². The summed E-state index contributed by atoms with van der Waals surface area (Å²) in [5, 5.41) is 14.2. The molecule has 0 radical (unpaired) electrons. The number of hydrogen-bond acceptors (Lipinski definition) is 4. The molecule has 0 unspecified atom stereocenters. The third-order valence-electron chi connectivity index (χ3n) is 2.67. The molecule has 0 atom stereocenters. The molecule has 2 aromatic rings. The van der Waals surface area contributed by atoms with Crippen LogP contribution in [0.2, 0.25) is 0 Å². The van der Waals surface area contributed by atoms with Crippen molar-refractivity contribution in [3.05, 3.63) is 56.8 Å². The molecule has 5 nitrogen and oxygen atoms in total. The Kier molecular flexibility index (Phi) is 4.74. The molecule has 110 valence electrons. The Bertz CT molecular complexity index is 679. The van der Waals surface area contributed by atoms with Crippen LogP contribution in [-0.4, -0.2) is 11.5 Å². The highest BCUT2D eigenvalue weighted by molar-refractivity contribution is 9.10. The van der Waals surface area contributed by atoms with Gasteiger partial charge in [0.15, 0.2) is 0 Å². The minimum absolute atomic E-state index is 0.0944. The van der Waals surface area contributed by atoms with Crippen molar-refractivity contribution < 1.29 is 14.1 Å². The number of hydrogen-bond donors (Lipinski definition) is 1. The molecule has 0 aromatic heterocycles. The Morgan fingerprint density at radius 3 is 2.76 bits per heavy atom. The smallest absolute Gasteiger partial charge is 0.334 e. The van der Waals surface area contributed by atoms with Crippen molar-refractivity contribution in [3.8, 4) is 11.5 Å². The van der Waals surface area contributed by atoms with Gasteiger partial charge in [0.05, 0.1) is 9.40 Å². The van der Waals surface area contributed by atoms with Gasteiger partial charge in [0, 0.05) is 6.54 Å². The lowest BCUT2D eigenvalue weighted by Crippen LogP contribution is -2.02. The van der Waals surface area contributed by atoms with Crippen LogP contribution < -0.4 is 10.1 Å². The van der Waals surface area contributed by atoms with Gasteiger partial charge < -0.3 is 10.1 Å². The summed E-state index contributed by atoms with van der Waals surface area (Å²) in [6.07, 6.45) is 0. The molecule has 0 saturated carbocycles. The van der Waals surface area contributed by atoms with E-state index in [2.05, 4.69) is 21.2 Å². The van der Waals surface area contributed by atoms with Gasteiger partial charge in [0.25, 0.3) is 0 Å². The van der Waals surface area contributed by atoms with Gasteiger partial charge >= 0.3 is 5.69 Å². The van der Waals surface area contributed by atoms with Crippen LogP contribution in [0.1, 0.15) is 6.92 Å². The van der Waals surface area contributed by atoms with E-state index in [1.165, 1.54) is 24.3 Å². The summed E-state index contributed by atoms with van der Waals surface area (Å²) >= 11 is 3.04. The molecule has 2 rings (SSSR count). The zero-order valence-electron chi connectivity index (χ0n) is 11.1. The minimum atomic E-state index is -0.508. The van der Waals surface area contributed by atoms with Crippen LogP contribution in [0.3, 0.4) is 0 Å². The molecule has 2 aromatic carbocycles. The Hall–Kier alpha value is -2.15. The second-order valence-corrected chi connectivity index (χ2v) is 4.97. The molecule has 0 bridgehead atoms. The van der Waals surface area contributed by atoms with Gasteiger partial charge in [-0.15, -0.1) is 0 Å². The van der Waals surface area contributed by atoms with E-state index in [9.17, 15) is 14.5 Å². The van der Waals surface area contributed by atoms with E-state index >= 15 is 0 Å². The van der Waals surface area contributed by atoms with Crippen LogP contribution in [0, 0.1) is 15.9 Å². The predicted octanol–water partition coefficient (Wildman–Crippen LogP) is 4.72. The zero-order chi connectivity index (χ0) is 15.4. The number of anilines is 1. The molecular formula is C14H12BrFN2O3. The first-order chi connectivity index (χ1) is 10.0. The average Bonchev–Trinajstić information content (AvgIpc) is 2.43. The van der Waals surface area contributed by atoms with Crippen LogP contribution in [0.15, 0.2) is 40.9 Å². The molecule has 7 heteroatoms. The molecule has 0 amide bonds. The zero-order valence-corrected chi connectivity index (χ0v) is 12.7. The number of para-hydroxylation sites is 1. The first-order valence-electron chi connectivity index (χ1n) is 6.17. The first kappa shape index (κ1) is 15.2. The Morgan fingerprint density at radius 1 is 1.38 bits per heavy atom. The van der Waals surface area contributed by atoms with Crippen molar-refractivity contribution in [2.75, 3.05) is 11.9 Å². The van der Waals surface area contributed by atoms with E-state index in [0.29, 0.717) is 18.0 Å². The third kappa shape index (κ3) is 3.49. The SMILES string of the molecule is CCNc1cccc(Oc2ccc(F)c(Br)c2)c1[N+](=O)[O-]. The maximum atomic E-state index is 13.2. The fraction of sp³-hybridized carbons (Fsp3) is 0.143. The van der Waals surface area contributed by atoms with Crippen molar-refractivity contribution in [2.45, 2.75) is 6.92 Å². The molecule has 0 aliphatic carbocycles. The number of nitro groups is 1. The number of halogens is 2. The highest BCUT2D eigenvalue weighted by Gasteiger charge is 2.21. The quantitative estimate of drug-likeness (QED) is 0.623. The van der Waals surface area contributed by atoms with E-state index in [-0.39, 0.29) is 15.9 Å². The summed E-state index contributed by atoms with van der Waals surface area (Å²) in [6, 6.07) is 8.80. The maximum Gasteiger partial charge on any atom is 0.334 e. The molecule has 0 saturated heterocycles. The third-order valence-corrected chi connectivity index (χ3v) is 3.28. The van der Waals surface area contributed by atoms with Crippen LogP contribution in [0.4, 0.5) is 15.8 Å².